The van der Waals surface area contributed by atoms with Gasteiger partial charge in [-0.25, -0.2) is 9.59 Å². The summed E-state index contributed by atoms with van der Waals surface area (Å²) in [5.41, 5.74) is 1.54. The summed E-state index contributed by atoms with van der Waals surface area (Å²) < 4.78 is 0. The summed E-state index contributed by atoms with van der Waals surface area (Å²) in [6.07, 6.45) is 3.61. The maximum absolute atomic E-state index is 11.8. The molecule has 27 heavy (non-hydrogen) atoms. The van der Waals surface area contributed by atoms with Crippen LogP contribution in [0.5, 0.6) is 5.75 Å². The van der Waals surface area contributed by atoms with E-state index >= 15 is 0 Å². The Morgan fingerprint density at radius 2 is 1.41 bits per heavy atom. The first-order valence-electron chi connectivity index (χ1n) is 8.44. The van der Waals surface area contributed by atoms with Gasteiger partial charge in [0.1, 0.15) is 5.75 Å². The van der Waals surface area contributed by atoms with Crippen LogP contribution in [0.4, 0.5) is 0 Å². The molecule has 3 N–H and O–H groups in total. The molecule has 6 heteroatoms. The second-order valence-electron chi connectivity index (χ2n) is 6.28. The number of rotatable bonds is 6. The van der Waals surface area contributed by atoms with Crippen LogP contribution in [-0.4, -0.2) is 38.7 Å². The smallest absolute Gasteiger partial charge is 0.334 e. The number of hydrogen-bond acceptors (Lipinski definition) is 4. The van der Waals surface area contributed by atoms with Crippen molar-refractivity contribution in [3.05, 3.63) is 89.3 Å². The highest BCUT2D eigenvalue weighted by atomic mass is 16.4. The lowest BCUT2D eigenvalue weighted by Gasteiger charge is -2.29. The number of carboxylic acid groups (broad SMARTS) is 2. The van der Waals surface area contributed by atoms with Crippen molar-refractivity contribution in [1.82, 2.24) is 4.90 Å². The average Bonchev–Trinajstić information content (AvgIpc) is 2.67. The lowest BCUT2D eigenvalue weighted by Crippen LogP contribution is -2.28. The first kappa shape index (κ1) is 18.3. The molecule has 0 atom stereocenters. The van der Waals surface area contributed by atoms with E-state index in [1.807, 2.05) is 30.3 Å². The third kappa shape index (κ3) is 4.17. The minimum atomic E-state index is -1.18. The highest BCUT2D eigenvalue weighted by Crippen LogP contribution is 2.36. The fraction of sp³-hybridized carbons (Fsp3) is 0.143. The van der Waals surface area contributed by atoms with Crippen LogP contribution in [-0.2, 0) is 16.0 Å². The Kier molecular flexibility index (Phi) is 5.26. The maximum Gasteiger partial charge on any atom is 0.334 e. The zero-order chi connectivity index (χ0) is 19.4. The molecule has 0 aliphatic carbocycles. The number of carbonyl (C=O) groups is 2. The van der Waals surface area contributed by atoms with E-state index < -0.39 is 17.9 Å². The van der Waals surface area contributed by atoms with Crippen LogP contribution in [0, 0.1) is 0 Å². The molecule has 0 bridgehead atoms. The second-order valence-corrected chi connectivity index (χ2v) is 6.28. The molecule has 0 saturated heterocycles. The van der Waals surface area contributed by atoms with Gasteiger partial charge >= 0.3 is 11.9 Å². The predicted molar refractivity (Wildman–Crippen MR) is 99.1 cm³/mol. The minimum Gasteiger partial charge on any atom is -0.508 e. The summed E-state index contributed by atoms with van der Waals surface area (Å²) in [4.78, 5) is 25.3. The average molecular weight is 365 g/mol. The molecular formula is C21H19NO5. The van der Waals surface area contributed by atoms with Crippen LogP contribution in [0.25, 0.3) is 0 Å². The third-order valence-electron chi connectivity index (χ3n) is 4.45. The maximum atomic E-state index is 11.8. The number of phenolic OH excluding ortho intramolecular Hbond substituents is 1. The molecule has 0 amide bonds. The Morgan fingerprint density at radius 1 is 0.852 bits per heavy atom. The molecule has 0 fully saturated rings. The fourth-order valence-electron chi connectivity index (χ4n) is 3.13. The largest absolute Gasteiger partial charge is 0.508 e. The summed E-state index contributed by atoms with van der Waals surface area (Å²) in [5.74, 6) is -3.23. The van der Waals surface area contributed by atoms with Gasteiger partial charge in [-0.3, -0.25) is 0 Å². The molecule has 0 spiro atoms. The Balaban J connectivity index is 1.93. The minimum absolute atomic E-state index is 0.0198. The van der Waals surface area contributed by atoms with Gasteiger partial charge in [-0.2, -0.15) is 0 Å². The molecular weight excluding hydrogens is 346 g/mol. The van der Waals surface area contributed by atoms with Crippen LogP contribution in [0.2, 0.25) is 0 Å². The Morgan fingerprint density at radius 3 is 1.93 bits per heavy atom. The third-order valence-corrected chi connectivity index (χ3v) is 4.45. The van der Waals surface area contributed by atoms with Gasteiger partial charge in [0.25, 0.3) is 0 Å². The molecule has 0 unspecified atom stereocenters. The molecule has 0 saturated carbocycles. The van der Waals surface area contributed by atoms with Crippen molar-refractivity contribution in [3.8, 4) is 5.75 Å². The lowest BCUT2D eigenvalue weighted by atomic mass is 9.83. The number of aromatic hydroxyl groups is 1. The molecule has 2 aromatic carbocycles. The predicted octanol–water partition coefficient (Wildman–Crippen LogP) is 2.97. The van der Waals surface area contributed by atoms with Crippen molar-refractivity contribution in [2.45, 2.75) is 12.3 Å². The SMILES string of the molecule is O=C(O)C1=CN(CCc2ccccc2)C=C(C(=O)O)C1c1ccc(O)cc1. The van der Waals surface area contributed by atoms with E-state index in [1.165, 1.54) is 36.7 Å². The van der Waals surface area contributed by atoms with E-state index in [9.17, 15) is 24.9 Å². The Bertz CT molecular complexity index is 868. The number of phenols is 1. The molecule has 0 aromatic heterocycles. The highest BCUT2D eigenvalue weighted by Gasteiger charge is 2.33. The van der Waals surface area contributed by atoms with Crippen molar-refractivity contribution >= 4 is 11.9 Å². The molecule has 1 heterocycles. The molecule has 3 rings (SSSR count). The van der Waals surface area contributed by atoms with Crippen LogP contribution >= 0.6 is 0 Å². The van der Waals surface area contributed by atoms with E-state index in [-0.39, 0.29) is 16.9 Å². The summed E-state index contributed by atoms with van der Waals surface area (Å²) in [6, 6.07) is 15.6. The van der Waals surface area contributed by atoms with Crippen molar-refractivity contribution in [3.63, 3.8) is 0 Å². The molecule has 138 valence electrons. The van der Waals surface area contributed by atoms with Gasteiger partial charge in [0.2, 0.25) is 0 Å². The molecule has 1 aliphatic rings. The van der Waals surface area contributed by atoms with Gasteiger partial charge in [0, 0.05) is 18.9 Å². The van der Waals surface area contributed by atoms with Crippen molar-refractivity contribution < 1.29 is 24.9 Å². The van der Waals surface area contributed by atoms with Gasteiger partial charge in [-0.1, -0.05) is 42.5 Å². The van der Waals surface area contributed by atoms with E-state index in [4.69, 9.17) is 0 Å². The lowest BCUT2D eigenvalue weighted by molar-refractivity contribution is -0.133. The number of carboxylic acids is 2. The Hall–Kier alpha value is -3.54. The Labute approximate surface area is 156 Å². The highest BCUT2D eigenvalue weighted by molar-refractivity contribution is 5.97. The van der Waals surface area contributed by atoms with Gasteiger partial charge < -0.3 is 20.2 Å². The molecule has 0 radical (unpaired) electrons. The van der Waals surface area contributed by atoms with Crippen LogP contribution in [0.3, 0.4) is 0 Å². The van der Waals surface area contributed by atoms with Gasteiger partial charge in [-0.15, -0.1) is 0 Å². The van der Waals surface area contributed by atoms with Crippen molar-refractivity contribution in [1.29, 1.82) is 0 Å². The zero-order valence-electron chi connectivity index (χ0n) is 14.4. The van der Waals surface area contributed by atoms with E-state index in [0.717, 1.165) is 5.56 Å². The monoisotopic (exact) mass is 365 g/mol. The standard InChI is InChI=1S/C21H19NO5/c23-16-8-6-15(7-9-16)19-17(20(24)25)12-22(13-18(19)21(26)27)11-10-14-4-2-1-3-5-14/h1-9,12-13,19,23H,10-11H2,(H,24,25)(H,26,27). The summed E-state index contributed by atoms with van der Waals surface area (Å²) in [6.45, 7) is 0.458. The number of nitrogens with zero attached hydrogens (tertiary/aromatic N) is 1. The second kappa shape index (κ2) is 7.78. The summed E-state index contributed by atoms with van der Waals surface area (Å²) in [7, 11) is 0. The normalized spacial score (nSPS) is 14.4. The molecule has 1 aliphatic heterocycles. The van der Waals surface area contributed by atoms with E-state index in [2.05, 4.69) is 0 Å². The number of aliphatic carboxylic acids is 2. The van der Waals surface area contributed by atoms with Crippen molar-refractivity contribution in [2.24, 2.45) is 0 Å². The van der Waals surface area contributed by atoms with E-state index in [1.54, 1.807) is 4.90 Å². The van der Waals surface area contributed by atoms with Crippen LogP contribution < -0.4 is 0 Å². The van der Waals surface area contributed by atoms with Gasteiger partial charge in [0.05, 0.1) is 17.1 Å². The fourth-order valence-corrected chi connectivity index (χ4v) is 3.13. The summed E-state index contributed by atoms with van der Waals surface area (Å²) in [5, 5.41) is 28.8. The number of benzene rings is 2. The molecule has 6 nitrogen and oxygen atoms in total. The topological polar surface area (TPSA) is 98.1 Å². The first-order chi connectivity index (χ1) is 13.0. The quantitative estimate of drug-likeness (QED) is 0.728. The van der Waals surface area contributed by atoms with Crippen molar-refractivity contribution in [2.75, 3.05) is 6.54 Å². The number of hydrogen-bond donors (Lipinski definition) is 3. The van der Waals surface area contributed by atoms with Crippen LogP contribution in [0.15, 0.2) is 78.1 Å². The van der Waals surface area contributed by atoms with E-state index in [0.29, 0.717) is 18.5 Å². The van der Waals surface area contributed by atoms with Gasteiger partial charge in [-0.05, 0) is 29.7 Å². The molecule has 2 aromatic rings. The first-order valence-corrected chi connectivity index (χ1v) is 8.44. The summed E-state index contributed by atoms with van der Waals surface area (Å²) >= 11 is 0. The van der Waals surface area contributed by atoms with Crippen LogP contribution in [0.1, 0.15) is 17.0 Å². The zero-order valence-corrected chi connectivity index (χ0v) is 14.4. The van der Waals surface area contributed by atoms with Gasteiger partial charge in [0.15, 0.2) is 0 Å².